The normalized spacial score (nSPS) is 13.5. The van der Waals surface area contributed by atoms with Crippen LogP contribution in [0.15, 0.2) is 54.7 Å². The summed E-state index contributed by atoms with van der Waals surface area (Å²) in [4.78, 5) is 9.37. The number of ether oxygens (including phenoxy) is 1. The van der Waals surface area contributed by atoms with Gasteiger partial charge in [-0.1, -0.05) is 29.8 Å². The smallest absolute Gasteiger partial charge is 0.140 e. The molecule has 1 fully saturated rings. The van der Waals surface area contributed by atoms with Crippen molar-refractivity contribution < 1.29 is 4.74 Å². The molecule has 0 atom stereocenters. The van der Waals surface area contributed by atoms with Crippen molar-refractivity contribution in [3.8, 4) is 17.0 Å². The monoisotopic (exact) mass is 345 g/mol. The molecule has 1 aliphatic carbocycles. The van der Waals surface area contributed by atoms with Gasteiger partial charge in [-0.05, 0) is 49.6 Å². The van der Waals surface area contributed by atoms with Crippen LogP contribution in [-0.4, -0.2) is 17.1 Å². The molecule has 0 radical (unpaired) electrons. The molecular formula is C22H23N3O. The zero-order valence-electron chi connectivity index (χ0n) is 15.2. The molecule has 1 saturated carbocycles. The predicted molar refractivity (Wildman–Crippen MR) is 105 cm³/mol. The number of aryl methyl sites for hydroxylation is 1. The van der Waals surface area contributed by atoms with Gasteiger partial charge in [0.05, 0.1) is 18.5 Å². The Morgan fingerprint density at radius 3 is 2.69 bits per heavy atom. The third-order valence-corrected chi connectivity index (χ3v) is 4.69. The number of methoxy groups -OCH3 is 1. The molecule has 4 heteroatoms. The Kier molecular flexibility index (Phi) is 4.57. The van der Waals surface area contributed by atoms with Crippen LogP contribution >= 0.6 is 0 Å². The standard InChI is InChI=1S/C22H23N3O/c1-15-4-3-5-16(12-15)13-23-21-11-8-18(14-24-21)19-9-10-20(26-2)22(25-19)17-6-7-17/h3-5,8-12,14,17H,6-7,13H2,1-2H3,(H,23,24). The Hall–Kier alpha value is -2.88. The molecule has 1 aromatic carbocycles. The first-order chi connectivity index (χ1) is 12.7. The second kappa shape index (κ2) is 7.16. The Morgan fingerprint density at radius 2 is 2.00 bits per heavy atom. The van der Waals surface area contributed by atoms with Gasteiger partial charge >= 0.3 is 0 Å². The molecule has 0 spiro atoms. The summed E-state index contributed by atoms with van der Waals surface area (Å²) >= 11 is 0. The number of hydrogen-bond donors (Lipinski definition) is 1. The number of nitrogens with zero attached hydrogens (tertiary/aromatic N) is 2. The summed E-state index contributed by atoms with van der Waals surface area (Å²) in [6.07, 6.45) is 4.28. The quantitative estimate of drug-likeness (QED) is 0.686. The lowest BCUT2D eigenvalue weighted by Gasteiger charge is -2.10. The van der Waals surface area contributed by atoms with Crippen molar-refractivity contribution in [3.63, 3.8) is 0 Å². The highest BCUT2D eigenvalue weighted by Crippen LogP contribution is 2.43. The van der Waals surface area contributed by atoms with Crippen molar-refractivity contribution >= 4 is 5.82 Å². The summed E-state index contributed by atoms with van der Waals surface area (Å²) in [7, 11) is 1.71. The average molecular weight is 345 g/mol. The van der Waals surface area contributed by atoms with Gasteiger partial charge in [0.15, 0.2) is 0 Å². The van der Waals surface area contributed by atoms with Crippen LogP contribution < -0.4 is 10.1 Å². The number of anilines is 1. The molecule has 0 bridgehead atoms. The first-order valence-electron chi connectivity index (χ1n) is 9.04. The first kappa shape index (κ1) is 16.6. The minimum Gasteiger partial charge on any atom is -0.495 e. The average Bonchev–Trinajstić information content (AvgIpc) is 3.52. The minimum atomic E-state index is 0.549. The van der Waals surface area contributed by atoms with E-state index in [9.17, 15) is 0 Å². The van der Waals surface area contributed by atoms with Gasteiger partial charge in [-0.2, -0.15) is 0 Å². The van der Waals surface area contributed by atoms with Gasteiger partial charge in [-0.25, -0.2) is 9.97 Å². The Morgan fingerprint density at radius 1 is 1.12 bits per heavy atom. The lowest BCUT2D eigenvalue weighted by atomic mass is 10.1. The molecule has 2 heterocycles. The van der Waals surface area contributed by atoms with Gasteiger partial charge in [-0.3, -0.25) is 0 Å². The van der Waals surface area contributed by atoms with E-state index in [2.05, 4.69) is 47.6 Å². The molecular weight excluding hydrogens is 322 g/mol. The number of pyridine rings is 2. The van der Waals surface area contributed by atoms with Crippen LogP contribution in [0.25, 0.3) is 11.3 Å². The molecule has 2 aromatic heterocycles. The van der Waals surface area contributed by atoms with Crippen molar-refractivity contribution in [1.82, 2.24) is 9.97 Å². The van der Waals surface area contributed by atoms with E-state index in [-0.39, 0.29) is 0 Å². The van der Waals surface area contributed by atoms with Crippen molar-refractivity contribution in [3.05, 3.63) is 71.5 Å². The molecule has 4 rings (SSSR count). The molecule has 0 unspecified atom stereocenters. The molecule has 1 aliphatic rings. The maximum absolute atomic E-state index is 5.45. The van der Waals surface area contributed by atoms with Gasteiger partial charge in [0.1, 0.15) is 11.6 Å². The summed E-state index contributed by atoms with van der Waals surface area (Å²) in [5, 5.41) is 3.37. The molecule has 132 valence electrons. The Bertz CT molecular complexity index is 902. The van der Waals surface area contributed by atoms with Crippen LogP contribution in [-0.2, 0) is 6.54 Å². The fourth-order valence-corrected chi connectivity index (χ4v) is 3.11. The Balaban J connectivity index is 1.48. The molecule has 3 aromatic rings. The second-order valence-electron chi connectivity index (χ2n) is 6.83. The second-order valence-corrected chi connectivity index (χ2v) is 6.83. The van der Waals surface area contributed by atoms with Gasteiger partial charge in [-0.15, -0.1) is 0 Å². The third kappa shape index (κ3) is 3.69. The van der Waals surface area contributed by atoms with Crippen LogP contribution in [0.1, 0.15) is 35.6 Å². The summed E-state index contributed by atoms with van der Waals surface area (Å²) < 4.78 is 5.45. The van der Waals surface area contributed by atoms with Crippen LogP contribution in [0.4, 0.5) is 5.82 Å². The van der Waals surface area contributed by atoms with E-state index in [0.717, 1.165) is 35.1 Å². The highest BCUT2D eigenvalue weighted by molar-refractivity contribution is 5.61. The van der Waals surface area contributed by atoms with E-state index < -0.39 is 0 Å². The molecule has 0 amide bonds. The summed E-state index contributed by atoms with van der Waals surface area (Å²) in [6.45, 7) is 2.87. The van der Waals surface area contributed by atoms with Crippen LogP contribution in [0, 0.1) is 6.92 Å². The van der Waals surface area contributed by atoms with E-state index in [1.54, 1.807) is 7.11 Å². The van der Waals surface area contributed by atoms with Gasteiger partial charge < -0.3 is 10.1 Å². The van der Waals surface area contributed by atoms with Crippen LogP contribution in [0.2, 0.25) is 0 Å². The van der Waals surface area contributed by atoms with Crippen LogP contribution in [0.3, 0.4) is 0 Å². The SMILES string of the molecule is COc1ccc(-c2ccc(NCc3cccc(C)c3)nc2)nc1C1CC1. The van der Waals surface area contributed by atoms with Crippen molar-refractivity contribution in [1.29, 1.82) is 0 Å². The van der Waals surface area contributed by atoms with Gasteiger partial charge in [0.2, 0.25) is 0 Å². The van der Waals surface area contributed by atoms with E-state index in [1.165, 1.54) is 24.0 Å². The highest BCUT2D eigenvalue weighted by atomic mass is 16.5. The van der Waals surface area contributed by atoms with Gasteiger partial charge in [0.25, 0.3) is 0 Å². The minimum absolute atomic E-state index is 0.549. The maximum Gasteiger partial charge on any atom is 0.140 e. The first-order valence-corrected chi connectivity index (χ1v) is 9.04. The fourth-order valence-electron chi connectivity index (χ4n) is 3.11. The summed E-state index contributed by atoms with van der Waals surface area (Å²) in [5.41, 5.74) is 5.57. The lowest BCUT2D eigenvalue weighted by molar-refractivity contribution is 0.407. The van der Waals surface area contributed by atoms with Crippen molar-refractivity contribution in [2.45, 2.75) is 32.2 Å². The molecule has 4 nitrogen and oxygen atoms in total. The molecule has 1 N–H and O–H groups in total. The zero-order chi connectivity index (χ0) is 17.9. The lowest BCUT2D eigenvalue weighted by Crippen LogP contribution is -2.01. The van der Waals surface area contributed by atoms with Crippen molar-refractivity contribution in [2.75, 3.05) is 12.4 Å². The predicted octanol–water partition coefficient (Wildman–Crippen LogP) is 4.95. The Labute approximate surface area is 154 Å². The number of benzene rings is 1. The molecule has 0 saturated heterocycles. The van der Waals surface area contributed by atoms with E-state index in [4.69, 9.17) is 9.72 Å². The number of aromatic nitrogens is 2. The van der Waals surface area contributed by atoms with Crippen LogP contribution in [0.5, 0.6) is 5.75 Å². The summed E-state index contributed by atoms with van der Waals surface area (Å²) in [6, 6.07) is 16.6. The third-order valence-electron chi connectivity index (χ3n) is 4.69. The van der Waals surface area contributed by atoms with Crippen molar-refractivity contribution in [2.24, 2.45) is 0 Å². The molecule has 0 aliphatic heterocycles. The number of hydrogen-bond acceptors (Lipinski definition) is 4. The maximum atomic E-state index is 5.45. The topological polar surface area (TPSA) is 47.0 Å². The number of rotatable bonds is 6. The fraction of sp³-hybridized carbons (Fsp3) is 0.273. The van der Waals surface area contributed by atoms with Gasteiger partial charge in [0, 0.05) is 24.2 Å². The largest absolute Gasteiger partial charge is 0.495 e. The highest BCUT2D eigenvalue weighted by Gasteiger charge is 2.28. The molecule has 26 heavy (non-hydrogen) atoms. The number of nitrogens with one attached hydrogen (secondary N) is 1. The summed E-state index contributed by atoms with van der Waals surface area (Å²) in [5.74, 6) is 2.31. The zero-order valence-corrected chi connectivity index (χ0v) is 15.2. The van der Waals surface area contributed by atoms with E-state index in [0.29, 0.717) is 5.92 Å². The van der Waals surface area contributed by atoms with E-state index in [1.807, 2.05) is 24.4 Å². The van der Waals surface area contributed by atoms with E-state index >= 15 is 0 Å².